The van der Waals surface area contributed by atoms with Crippen molar-refractivity contribution in [2.45, 2.75) is 31.2 Å². The summed E-state index contributed by atoms with van der Waals surface area (Å²) in [6.45, 7) is 5.66. The lowest BCUT2D eigenvalue weighted by Crippen LogP contribution is -2.44. The predicted octanol–water partition coefficient (Wildman–Crippen LogP) is 5.29. The molecule has 0 amide bonds. The number of H-pyrrole nitrogens is 1. The zero-order valence-corrected chi connectivity index (χ0v) is 21.8. The Kier molecular flexibility index (Phi) is 5.67. The zero-order chi connectivity index (χ0) is 26.8. The lowest BCUT2D eigenvalue weighted by atomic mass is 9.91. The number of nitrogens with zero attached hydrogens (tertiary/aromatic N) is 1. The largest absolute Gasteiger partial charge is 0.340 e. The first-order valence-corrected chi connectivity index (χ1v) is 13.9. The van der Waals surface area contributed by atoms with Crippen LogP contribution in [0.4, 0.5) is 3.89 Å². The van der Waals surface area contributed by atoms with Crippen LogP contribution in [0.5, 0.6) is 0 Å². The van der Waals surface area contributed by atoms with Crippen LogP contribution in [0, 0.1) is 18.3 Å². The van der Waals surface area contributed by atoms with E-state index in [0.29, 0.717) is 22.8 Å². The Balaban J connectivity index is 1.74. The highest BCUT2D eigenvalue weighted by atomic mass is 32.3. The van der Waals surface area contributed by atoms with Gasteiger partial charge in [0.25, 0.3) is 0 Å². The quantitative estimate of drug-likeness (QED) is 0.241. The summed E-state index contributed by atoms with van der Waals surface area (Å²) < 4.78 is 39.4. The number of fused-ring (bicyclic) bond motifs is 4. The maximum absolute atomic E-state index is 14.1. The van der Waals surface area contributed by atoms with Crippen molar-refractivity contribution in [1.82, 2.24) is 14.9 Å². The Morgan fingerprint density at radius 3 is 2.55 bits per heavy atom. The molecule has 1 saturated heterocycles. The molecule has 0 atom stereocenters. The second-order valence-corrected chi connectivity index (χ2v) is 11.7. The van der Waals surface area contributed by atoms with Gasteiger partial charge in [0, 0.05) is 34.9 Å². The van der Waals surface area contributed by atoms with E-state index in [2.05, 4.69) is 34.6 Å². The number of benzene rings is 3. The van der Waals surface area contributed by atoms with Gasteiger partial charge in [0.15, 0.2) is 5.43 Å². The number of hydrogen-bond acceptors (Lipinski definition) is 4. The van der Waals surface area contributed by atoms with Crippen molar-refractivity contribution in [2.75, 3.05) is 13.1 Å². The highest BCUT2D eigenvalue weighted by molar-refractivity contribution is 7.86. The van der Waals surface area contributed by atoms with Crippen LogP contribution in [0.25, 0.3) is 44.0 Å². The van der Waals surface area contributed by atoms with E-state index in [1.54, 1.807) is 6.07 Å². The Morgan fingerprint density at radius 2 is 1.89 bits per heavy atom. The lowest BCUT2D eigenvalue weighted by Gasteiger charge is -2.32. The SMILES string of the molecule is C#Cc1ccc2c(c1)[nH]c1c2c(=O)c2cc(CC(C)C)c(-c3cccc(S(=O)(=O)F)c3)cc2n1C1CNC1. The fraction of sp³-hybridized carbons (Fsp3) is 0.233. The van der Waals surface area contributed by atoms with E-state index in [0.717, 1.165) is 51.8 Å². The van der Waals surface area contributed by atoms with Gasteiger partial charge in [-0.3, -0.25) is 4.79 Å². The third-order valence-corrected chi connectivity index (χ3v) is 8.14. The molecule has 1 aliphatic heterocycles. The number of halogens is 1. The van der Waals surface area contributed by atoms with Crippen molar-refractivity contribution in [1.29, 1.82) is 0 Å². The molecular formula is C30H26FN3O3S. The first kappa shape index (κ1) is 24.4. The van der Waals surface area contributed by atoms with E-state index >= 15 is 0 Å². The van der Waals surface area contributed by atoms with Gasteiger partial charge in [-0.2, -0.15) is 8.42 Å². The Hall–Kier alpha value is -3.93. The Labute approximate surface area is 219 Å². The van der Waals surface area contributed by atoms with Crippen LogP contribution in [0.15, 0.2) is 64.3 Å². The van der Waals surface area contributed by atoms with Crippen molar-refractivity contribution in [3.05, 3.63) is 75.9 Å². The van der Waals surface area contributed by atoms with Gasteiger partial charge < -0.3 is 14.9 Å². The van der Waals surface area contributed by atoms with Crippen LogP contribution < -0.4 is 10.7 Å². The molecule has 6 nitrogen and oxygen atoms in total. The number of terminal acetylenes is 1. The van der Waals surface area contributed by atoms with Gasteiger partial charge in [-0.1, -0.05) is 38.0 Å². The topological polar surface area (TPSA) is 84.0 Å². The molecule has 1 fully saturated rings. The Morgan fingerprint density at radius 1 is 1.11 bits per heavy atom. The maximum atomic E-state index is 14.1. The minimum atomic E-state index is -4.87. The molecule has 8 heteroatoms. The fourth-order valence-electron chi connectivity index (χ4n) is 5.48. The zero-order valence-electron chi connectivity index (χ0n) is 21.0. The highest BCUT2D eigenvalue weighted by Crippen LogP contribution is 2.36. The molecule has 2 N–H and O–H groups in total. The monoisotopic (exact) mass is 527 g/mol. The average Bonchev–Trinajstić information content (AvgIpc) is 3.23. The van der Waals surface area contributed by atoms with Crippen molar-refractivity contribution in [2.24, 2.45) is 5.92 Å². The third kappa shape index (κ3) is 3.90. The van der Waals surface area contributed by atoms with Crippen molar-refractivity contribution < 1.29 is 12.3 Å². The normalized spacial score (nSPS) is 14.4. The molecule has 0 spiro atoms. The first-order valence-electron chi connectivity index (χ1n) is 12.5. The summed E-state index contributed by atoms with van der Waals surface area (Å²) in [5.41, 5.74) is 5.19. The molecule has 6 rings (SSSR count). The van der Waals surface area contributed by atoms with Gasteiger partial charge in [0.2, 0.25) is 0 Å². The van der Waals surface area contributed by atoms with Crippen LogP contribution in [0.3, 0.4) is 0 Å². The molecule has 0 unspecified atom stereocenters. The van der Waals surface area contributed by atoms with Crippen LogP contribution in [-0.4, -0.2) is 31.1 Å². The summed E-state index contributed by atoms with van der Waals surface area (Å²) in [5, 5.41) is 5.36. The molecule has 0 bridgehead atoms. The summed E-state index contributed by atoms with van der Waals surface area (Å²) in [7, 11) is -4.87. The van der Waals surface area contributed by atoms with Gasteiger partial charge in [0.1, 0.15) is 5.65 Å². The average molecular weight is 528 g/mol. The molecule has 2 aromatic heterocycles. The van der Waals surface area contributed by atoms with E-state index < -0.39 is 10.2 Å². The van der Waals surface area contributed by atoms with E-state index in [-0.39, 0.29) is 22.3 Å². The van der Waals surface area contributed by atoms with Crippen LogP contribution >= 0.6 is 0 Å². The first-order chi connectivity index (χ1) is 18.2. The molecule has 3 heterocycles. The van der Waals surface area contributed by atoms with Crippen LogP contribution in [-0.2, 0) is 16.6 Å². The highest BCUT2D eigenvalue weighted by Gasteiger charge is 2.26. The molecule has 192 valence electrons. The molecule has 38 heavy (non-hydrogen) atoms. The molecule has 1 aliphatic rings. The number of aromatic amines is 1. The van der Waals surface area contributed by atoms with Gasteiger partial charge in [-0.05, 0) is 65.4 Å². The standard InChI is InChI=1S/C30H26FN3O3S/c1-4-18-8-9-23-26(11-18)33-30-28(23)29(35)25-13-20(10-17(2)3)24(14-27(25)34(30)21-15-32-16-21)19-6-5-7-22(12-19)38(31,36)37/h1,5-9,11-14,17,21,32-33H,10,15-16H2,2-3H3. The van der Waals surface area contributed by atoms with Crippen LogP contribution in [0.2, 0.25) is 0 Å². The van der Waals surface area contributed by atoms with E-state index in [9.17, 15) is 17.1 Å². The molecule has 0 saturated carbocycles. The van der Waals surface area contributed by atoms with E-state index in [4.69, 9.17) is 6.42 Å². The molecule has 0 radical (unpaired) electrons. The van der Waals surface area contributed by atoms with Gasteiger partial charge in [0.05, 0.1) is 21.8 Å². The second kappa shape index (κ2) is 8.83. The third-order valence-electron chi connectivity index (χ3n) is 7.32. The second-order valence-electron chi connectivity index (χ2n) is 10.4. The van der Waals surface area contributed by atoms with Crippen LogP contribution in [0.1, 0.15) is 31.0 Å². The summed E-state index contributed by atoms with van der Waals surface area (Å²) in [6.07, 6.45) is 6.29. The number of nitrogens with one attached hydrogen (secondary N) is 2. The summed E-state index contributed by atoms with van der Waals surface area (Å²) >= 11 is 0. The van der Waals surface area contributed by atoms with E-state index in [1.165, 1.54) is 18.2 Å². The fourth-order valence-corrected chi connectivity index (χ4v) is 5.99. The van der Waals surface area contributed by atoms with Gasteiger partial charge in [-0.15, -0.1) is 10.3 Å². The Bertz CT molecular complexity index is 1980. The minimum Gasteiger partial charge on any atom is -0.340 e. The summed E-state index contributed by atoms with van der Waals surface area (Å²) in [4.78, 5) is 17.1. The predicted molar refractivity (Wildman–Crippen MR) is 150 cm³/mol. The van der Waals surface area contributed by atoms with Gasteiger partial charge >= 0.3 is 10.2 Å². The molecule has 5 aromatic rings. The molecule has 0 aliphatic carbocycles. The minimum absolute atomic E-state index is 0.0742. The maximum Gasteiger partial charge on any atom is 0.332 e. The van der Waals surface area contributed by atoms with Crippen molar-refractivity contribution in [3.63, 3.8) is 0 Å². The van der Waals surface area contributed by atoms with Crippen molar-refractivity contribution in [3.8, 4) is 23.5 Å². The number of pyridine rings is 1. The molecular weight excluding hydrogens is 501 g/mol. The number of rotatable bonds is 5. The van der Waals surface area contributed by atoms with E-state index in [1.807, 2.05) is 30.3 Å². The summed E-state index contributed by atoms with van der Waals surface area (Å²) in [5.74, 6) is 2.93. The molecule has 3 aromatic carbocycles. The smallest absolute Gasteiger partial charge is 0.332 e. The van der Waals surface area contributed by atoms with Crippen molar-refractivity contribution >= 4 is 43.1 Å². The lowest BCUT2D eigenvalue weighted by molar-refractivity contribution is 0.357. The summed E-state index contributed by atoms with van der Waals surface area (Å²) in [6, 6.07) is 15.5. The number of hydrogen-bond donors (Lipinski definition) is 2. The van der Waals surface area contributed by atoms with Gasteiger partial charge in [-0.25, -0.2) is 0 Å². The number of aromatic nitrogens is 2.